The maximum atomic E-state index is 12.5. The van der Waals surface area contributed by atoms with Crippen molar-refractivity contribution in [1.82, 2.24) is 0 Å². The third-order valence-electron chi connectivity index (χ3n) is 4.51. The molecule has 2 heterocycles. The second-order valence-electron chi connectivity index (χ2n) is 5.74. The van der Waals surface area contributed by atoms with Crippen LogP contribution in [0.3, 0.4) is 0 Å². The number of carbonyl (C=O) groups excluding carboxylic acids is 1. The van der Waals surface area contributed by atoms with Crippen LogP contribution in [0.15, 0.2) is 18.2 Å². The number of hydrogen-bond donors (Lipinski definition) is 2. The number of fused-ring (bicyclic) bond motifs is 2. The van der Waals surface area contributed by atoms with Crippen molar-refractivity contribution in [3.63, 3.8) is 0 Å². The van der Waals surface area contributed by atoms with Gasteiger partial charge in [-0.1, -0.05) is 0 Å². The van der Waals surface area contributed by atoms with Gasteiger partial charge in [0.2, 0.25) is 5.91 Å². The van der Waals surface area contributed by atoms with E-state index < -0.39 is 17.8 Å². The molecule has 1 amide bonds. The Balaban J connectivity index is 1.78. The van der Waals surface area contributed by atoms with E-state index in [9.17, 15) is 14.7 Å². The van der Waals surface area contributed by atoms with Crippen LogP contribution in [0.4, 0.5) is 5.69 Å². The molecule has 1 aromatic rings. The molecule has 7 heteroatoms. The molecule has 2 aliphatic heterocycles. The van der Waals surface area contributed by atoms with Gasteiger partial charge in [0, 0.05) is 11.8 Å². The summed E-state index contributed by atoms with van der Waals surface area (Å²) in [6.45, 7) is 0. The summed E-state index contributed by atoms with van der Waals surface area (Å²) >= 11 is 0. The van der Waals surface area contributed by atoms with Gasteiger partial charge in [0.1, 0.15) is 0 Å². The Morgan fingerprint density at radius 3 is 2.39 bits per heavy atom. The largest absolute Gasteiger partial charge is 0.493 e. The first-order valence-electron chi connectivity index (χ1n) is 7.46. The molecule has 0 saturated carbocycles. The quantitative estimate of drug-likeness (QED) is 0.854. The standard InChI is InChI=1S/C16H19NO6/c1-21-9-4-3-8(7-12(9)22-2)17-15(18)13-10-5-6-11(23-10)14(13)16(19)20/h3-4,7,10-11,13-14H,5-6H2,1-2H3,(H,17,18)(H,19,20)/t10-,11-,13-,14+/m1/s1. The van der Waals surface area contributed by atoms with Gasteiger partial charge in [-0.3, -0.25) is 9.59 Å². The molecule has 2 bridgehead atoms. The fourth-order valence-corrected chi connectivity index (χ4v) is 3.46. The van der Waals surface area contributed by atoms with Crippen molar-refractivity contribution in [2.24, 2.45) is 11.8 Å². The molecule has 0 aromatic heterocycles. The first kappa shape index (κ1) is 15.6. The average molecular weight is 321 g/mol. The summed E-state index contributed by atoms with van der Waals surface area (Å²) in [4.78, 5) is 24.0. The predicted octanol–water partition coefficient (Wildman–Crippen LogP) is 1.52. The molecule has 0 aliphatic carbocycles. The molecule has 3 rings (SSSR count). The maximum absolute atomic E-state index is 12.5. The van der Waals surface area contributed by atoms with Crippen LogP contribution in [0.25, 0.3) is 0 Å². The first-order chi connectivity index (χ1) is 11.0. The molecule has 124 valence electrons. The number of benzene rings is 1. The van der Waals surface area contributed by atoms with Crippen molar-refractivity contribution < 1.29 is 28.9 Å². The van der Waals surface area contributed by atoms with Crippen molar-refractivity contribution in [1.29, 1.82) is 0 Å². The van der Waals surface area contributed by atoms with E-state index >= 15 is 0 Å². The van der Waals surface area contributed by atoms with Gasteiger partial charge in [0.25, 0.3) is 0 Å². The van der Waals surface area contributed by atoms with Crippen LogP contribution in [-0.4, -0.2) is 43.4 Å². The van der Waals surface area contributed by atoms with E-state index in [4.69, 9.17) is 14.2 Å². The number of methoxy groups -OCH3 is 2. The molecule has 2 saturated heterocycles. The van der Waals surface area contributed by atoms with Gasteiger partial charge < -0.3 is 24.6 Å². The van der Waals surface area contributed by atoms with Crippen LogP contribution in [0.1, 0.15) is 12.8 Å². The third kappa shape index (κ3) is 2.72. The van der Waals surface area contributed by atoms with Crippen LogP contribution in [0.2, 0.25) is 0 Å². The smallest absolute Gasteiger partial charge is 0.310 e. The number of anilines is 1. The monoisotopic (exact) mass is 321 g/mol. The Morgan fingerprint density at radius 2 is 1.78 bits per heavy atom. The lowest BCUT2D eigenvalue weighted by atomic mass is 9.78. The summed E-state index contributed by atoms with van der Waals surface area (Å²) in [6.07, 6.45) is 0.736. The Morgan fingerprint density at radius 1 is 1.13 bits per heavy atom. The van der Waals surface area contributed by atoms with Gasteiger partial charge in [-0.25, -0.2) is 0 Å². The summed E-state index contributed by atoms with van der Waals surface area (Å²) < 4.78 is 16.0. The lowest BCUT2D eigenvalue weighted by molar-refractivity contribution is -0.147. The number of rotatable bonds is 5. The van der Waals surface area contributed by atoms with Gasteiger partial charge in [-0.05, 0) is 25.0 Å². The van der Waals surface area contributed by atoms with Gasteiger partial charge in [0.05, 0.1) is 38.3 Å². The minimum Gasteiger partial charge on any atom is -0.493 e. The van der Waals surface area contributed by atoms with Gasteiger partial charge in [-0.15, -0.1) is 0 Å². The molecule has 2 aliphatic rings. The summed E-state index contributed by atoms with van der Waals surface area (Å²) in [5, 5.41) is 12.1. The Labute approximate surface area is 133 Å². The highest BCUT2D eigenvalue weighted by Gasteiger charge is 2.55. The van der Waals surface area contributed by atoms with Crippen LogP contribution in [0, 0.1) is 11.8 Å². The van der Waals surface area contributed by atoms with E-state index in [-0.39, 0.29) is 18.1 Å². The Kier molecular flexibility index (Phi) is 4.12. The summed E-state index contributed by atoms with van der Waals surface area (Å²) in [6, 6.07) is 5.00. The molecule has 0 radical (unpaired) electrons. The van der Waals surface area contributed by atoms with Gasteiger partial charge in [-0.2, -0.15) is 0 Å². The number of aliphatic carboxylic acids is 1. The van der Waals surface area contributed by atoms with E-state index in [0.29, 0.717) is 23.6 Å². The molecule has 23 heavy (non-hydrogen) atoms. The normalized spacial score (nSPS) is 28.4. The summed E-state index contributed by atoms with van der Waals surface area (Å²) in [7, 11) is 3.04. The van der Waals surface area contributed by atoms with Crippen molar-refractivity contribution in [3.8, 4) is 11.5 Å². The summed E-state index contributed by atoms with van der Waals surface area (Å²) in [5.74, 6) is -1.73. The lowest BCUT2D eigenvalue weighted by Crippen LogP contribution is -2.40. The zero-order chi connectivity index (χ0) is 16.6. The summed E-state index contributed by atoms with van der Waals surface area (Å²) in [5.41, 5.74) is 0.527. The van der Waals surface area contributed by atoms with E-state index in [1.165, 1.54) is 14.2 Å². The molecule has 2 fully saturated rings. The molecule has 4 atom stereocenters. The number of carboxylic acids is 1. The van der Waals surface area contributed by atoms with Crippen LogP contribution in [0.5, 0.6) is 11.5 Å². The zero-order valence-electron chi connectivity index (χ0n) is 12.9. The van der Waals surface area contributed by atoms with Gasteiger partial charge >= 0.3 is 5.97 Å². The van der Waals surface area contributed by atoms with Crippen LogP contribution in [-0.2, 0) is 14.3 Å². The Hall–Kier alpha value is -2.28. The number of nitrogens with one attached hydrogen (secondary N) is 1. The van der Waals surface area contributed by atoms with E-state index in [1.807, 2.05) is 0 Å². The number of carbonyl (C=O) groups is 2. The maximum Gasteiger partial charge on any atom is 0.310 e. The van der Waals surface area contributed by atoms with Gasteiger partial charge in [0.15, 0.2) is 11.5 Å². The van der Waals surface area contributed by atoms with E-state index in [0.717, 1.165) is 6.42 Å². The van der Waals surface area contributed by atoms with Crippen molar-refractivity contribution >= 4 is 17.6 Å². The van der Waals surface area contributed by atoms with Crippen LogP contribution < -0.4 is 14.8 Å². The molecule has 0 unspecified atom stereocenters. The fraction of sp³-hybridized carbons (Fsp3) is 0.500. The predicted molar refractivity (Wildman–Crippen MR) is 80.7 cm³/mol. The van der Waals surface area contributed by atoms with Crippen molar-refractivity contribution in [2.45, 2.75) is 25.0 Å². The topological polar surface area (TPSA) is 94.1 Å². The minimum atomic E-state index is -0.982. The highest BCUT2D eigenvalue weighted by atomic mass is 16.5. The van der Waals surface area contributed by atoms with E-state index in [1.54, 1.807) is 18.2 Å². The number of ether oxygens (including phenoxy) is 3. The second-order valence-corrected chi connectivity index (χ2v) is 5.74. The third-order valence-corrected chi connectivity index (χ3v) is 4.51. The molecular formula is C16H19NO6. The zero-order valence-corrected chi connectivity index (χ0v) is 12.9. The van der Waals surface area contributed by atoms with Crippen LogP contribution >= 0.6 is 0 Å². The highest BCUT2D eigenvalue weighted by molar-refractivity contribution is 5.96. The average Bonchev–Trinajstić information content (AvgIpc) is 3.15. The molecule has 2 N–H and O–H groups in total. The van der Waals surface area contributed by atoms with E-state index in [2.05, 4.69) is 5.32 Å². The molecule has 7 nitrogen and oxygen atoms in total. The fourth-order valence-electron chi connectivity index (χ4n) is 3.46. The highest BCUT2D eigenvalue weighted by Crippen LogP contribution is 2.44. The molecule has 0 spiro atoms. The Bertz CT molecular complexity index is 631. The lowest BCUT2D eigenvalue weighted by Gasteiger charge is -2.24. The molecule has 1 aromatic carbocycles. The SMILES string of the molecule is COc1ccc(NC(=O)[C@H]2[C@@H](C(=O)O)[C@H]3CC[C@H]2O3)cc1OC. The minimum absolute atomic E-state index is 0.318. The second kappa shape index (κ2) is 6.08. The van der Waals surface area contributed by atoms with Crippen molar-refractivity contribution in [3.05, 3.63) is 18.2 Å². The van der Waals surface area contributed by atoms with Crippen molar-refractivity contribution in [2.75, 3.05) is 19.5 Å². The molecular weight excluding hydrogens is 302 g/mol. The number of carboxylic acid groups (broad SMARTS) is 1. The number of hydrogen-bond acceptors (Lipinski definition) is 5. The first-order valence-corrected chi connectivity index (χ1v) is 7.46. The number of amides is 1.